The van der Waals surface area contributed by atoms with Crippen LogP contribution in [0.15, 0.2) is 60.8 Å². The van der Waals surface area contributed by atoms with Crippen LogP contribution in [0.3, 0.4) is 0 Å². The van der Waals surface area contributed by atoms with Crippen LogP contribution in [-0.4, -0.2) is 27.4 Å². The van der Waals surface area contributed by atoms with E-state index in [2.05, 4.69) is 56.9 Å². The van der Waals surface area contributed by atoms with Gasteiger partial charge in [0.05, 0.1) is 12.2 Å². The van der Waals surface area contributed by atoms with Crippen molar-refractivity contribution in [2.45, 2.75) is 97.7 Å². The molecule has 4 atom stereocenters. The zero-order valence-electron chi connectivity index (χ0n) is 23.6. The molecule has 0 aliphatic heterocycles. The zero-order valence-corrected chi connectivity index (χ0v) is 26.0. The summed E-state index contributed by atoms with van der Waals surface area (Å²) in [7, 11) is 0. The van der Waals surface area contributed by atoms with Crippen LogP contribution in [0.1, 0.15) is 85.5 Å². The Balaban J connectivity index is 0.000000211. The molecule has 0 spiro atoms. The van der Waals surface area contributed by atoms with E-state index in [4.69, 9.17) is 0 Å². The fourth-order valence-corrected chi connectivity index (χ4v) is 7.35. The quantitative estimate of drug-likeness (QED) is 0.265. The third-order valence-electron chi connectivity index (χ3n) is 10.2. The van der Waals surface area contributed by atoms with Crippen molar-refractivity contribution in [2.24, 2.45) is 22.7 Å². The molecule has 2 aliphatic carbocycles. The Labute approximate surface area is 243 Å². The minimum atomic E-state index is -0.326. The molecule has 1 heterocycles. The predicted molar refractivity (Wildman–Crippen MR) is 154 cm³/mol. The molecule has 209 valence electrons. The van der Waals surface area contributed by atoms with E-state index in [1.54, 1.807) is 0 Å². The van der Waals surface area contributed by atoms with Gasteiger partial charge in [-0.1, -0.05) is 64.4 Å². The molecule has 4 heteroatoms. The molecule has 0 bridgehead atoms. The topological polar surface area (TPSA) is 53.4 Å². The number of aromatic nitrogens is 1. The van der Waals surface area contributed by atoms with Crippen LogP contribution in [0, 0.1) is 28.7 Å². The molecule has 2 saturated carbocycles. The average molecular weight is 693 g/mol. The molecule has 1 radical (unpaired) electrons. The van der Waals surface area contributed by atoms with Gasteiger partial charge in [0.1, 0.15) is 0 Å². The Kier molecular flexibility index (Phi) is 11.1. The number of pyridine rings is 1. The van der Waals surface area contributed by atoms with E-state index >= 15 is 0 Å². The van der Waals surface area contributed by atoms with E-state index in [1.165, 1.54) is 30.0 Å². The Morgan fingerprint density at radius 3 is 2.03 bits per heavy atom. The number of nitrogens with zero attached hydrogens (tertiary/aromatic N) is 1. The van der Waals surface area contributed by atoms with Crippen molar-refractivity contribution in [2.75, 3.05) is 0 Å². The number of benzene rings is 2. The summed E-state index contributed by atoms with van der Waals surface area (Å²) in [5.74, 6) is 0.627. The summed E-state index contributed by atoms with van der Waals surface area (Å²) in [6.07, 6.45) is 11.3. The van der Waals surface area contributed by atoms with Crippen molar-refractivity contribution in [3.63, 3.8) is 0 Å². The summed E-state index contributed by atoms with van der Waals surface area (Å²) in [5.41, 5.74) is 2.08. The summed E-state index contributed by atoms with van der Waals surface area (Å²) in [5, 5.41) is 24.8. The molecule has 1 aromatic heterocycles. The number of hydrogen-bond donors (Lipinski definition) is 2. The Bertz CT molecular complexity index is 1130. The maximum Gasteiger partial charge on any atom is 0.0651 e. The van der Waals surface area contributed by atoms with E-state index in [-0.39, 0.29) is 49.1 Å². The van der Waals surface area contributed by atoms with Gasteiger partial charge in [0.25, 0.3) is 0 Å². The largest absolute Gasteiger partial charge is 0.392 e. The molecule has 3 nitrogen and oxygen atoms in total. The van der Waals surface area contributed by atoms with Crippen molar-refractivity contribution >= 4 is 10.8 Å². The molecule has 38 heavy (non-hydrogen) atoms. The minimum absolute atomic E-state index is 0. The number of aliphatic hydroxyl groups excluding tert-OH is 2. The van der Waals surface area contributed by atoms with Crippen LogP contribution in [0.2, 0.25) is 0 Å². The van der Waals surface area contributed by atoms with Crippen LogP contribution in [0.25, 0.3) is 22.0 Å². The first-order valence-electron chi connectivity index (χ1n) is 14.6. The smallest absolute Gasteiger partial charge is 0.0651 e. The van der Waals surface area contributed by atoms with Gasteiger partial charge in [0.2, 0.25) is 0 Å². The average Bonchev–Trinajstić information content (AvgIpc) is 3.10. The Morgan fingerprint density at radius 1 is 0.816 bits per heavy atom. The van der Waals surface area contributed by atoms with Gasteiger partial charge in [0, 0.05) is 32.2 Å². The normalized spacial score (nSPS) is 25.7. The molecule has 0 amide bonds. The number of rotatable bonds is 5. The maximum absolute atomic E-state index is 11.2. The SMILES string of the molecule is CCC1(CC)CCCC2CCC(CC)(CC)C(O)C2C1O.[Ir].[c-]1ccccc1-c1cc2ccccc2cn1. The van der Waals surface area contributed by atoms with Gasteiger partial charge in [-0.25, -0.2) is 0 Å². The van der Waals surface area contributed by atoms with E-state index in [0.717, 1.165) is 49.8 Å². The van der Waals surface area contributed by atoms with Gasteiger partial charge in [-0.3, -0.25) is 0 Å². The third kappa shape index (κ3) is 6.09. The molecular formula is C34H46IrNO2-. The summed E-state index contributed by atoms with van der Waals surface area (Å²) in [4.78, 5) is 4.45. The van der Waals surface area contributed by atoms with E-state index in [0.29, 0.717) is 5.92 Å². The number of aliphatic hydroxyl groups is 2. The number of fused-ring (bicyclic) bond motifs is 2. The maximum atomic E-state index is 11.2. The summed E-state index contributed by atoms with van der Waals surface area (Å²) >= 11 is 0. The van der Waals surface area contributed by atoms with E-state index < -0.39 is 0 Å². The molecule has 4 unspecified atom stereocenters. The molecule has 2 N–H and O–H groups in total. The van der Waals surface area contributed by atoms with Crippen molar-refractivity contribution in [1.82, 2.24) is 4.98 Å². The van der Waals surface area contributed by atoms with E-state index in [9.17, 15) is 10.2 Å². The fourth-order valence-electron chi connectivity index (χ4n) is 7.35. The first-order valence-corrected chi connectivity index (χ1v) is 14.6. The van der Waals surface area contributed by atoms with Crippen LogP contribution < -0.4 is 0 Å². The fraction of sp³-hybridized carbons (Fsp3) is 0.559. The van der Waals surface area contributed by atoms with Crippen LogP contribution >= 0.6 is 0 Å². The molecule has 2 aromatic carbocycles. The van der Waals surface area contributed by atoms with Crippen LogP contribution in [0.4, 0.5) is 0 Å². The first kappa shape index (κ1) is 31.0. The van der Waals surface area contributed by atoms with Crippen molar-refractivity contribution in [3.05, 3.63) is 66.9 Å². The summed E-state index contributed by atoms with van der Waals surface area (Å²) in [6, 6.07) is 21.4. The van der Waals surface area contributed by atoms with Crippen molar-refractivity contribution in [3.8, 4) is 11.3 Å². The van der Waals surface area contributed by atoms with Gasteiger partial charge >= 0.3 is 0 Å². The first-order chi connectivity index (χ1) is 17.9. The third-order valence-corrected chi connectivity index (χ3v) is 10.2. The minimum Gasteiger partial charge on any atom is -0.392 e. The van der Waals surface area contributed by atoms with Crippen LogP contribution in [-0.2, 0) is 20.1 Å². The predicted octanol–water partition coefficient (Wildman–Crippen LogP) is 8.23. The Morgan fingerprint density at radius 2 is 1.42 bits per heavy atom. The van der Waals surface area contributed by atoms with E-state index in [1.807, 2.05) is 42.6 Å². The summed E-state index contributed by atoms with van der Waals surface area (Å²) in [6.45, 7) is 8.86. The second-order valence-electron chi connectivity index (χ2n) is 11.5. The molecule has 2 aliphatic rings. The second-order valence-corrected chi connectivity index (χ2v) is 11.5. The molecule has 5 rings (SSSR count). The zero-order chi connectivity index (χ0) is 26.5. The molecular weight excluding hydrogens is 647 g/mol. The second kappa shape index (κ2) is 13.7. The molecule has 3 aromatic rings. The molecule has 2 fully saturated rings. The van der Waals surface area contributed by atoms with Gasteiger partial charge in [-0.2, -0.15) is 0 Å². The Hall–Kier alpha value is -1.58. The number of hydrogen-bond acceptors (Lipinski definition) is 3. The van der Waals surface area contributed by atoms with Gasteiger partial charge in [-0.15, -0.1) is 35.9 Å². The standard InChI is InChI=1S/C19H36O2.C15H10N.Ir/c1-5-18(6-2)12-9-10-14-11-13-19(7-3,8-4)17(21)15(14)16(18)20;1-2-6-12(7-3-1)15-10-13-8-4-5-9-14(13)11-16-15;/h14-17,20-21H,5-13H2,1-4H3;1-6,8-11H;/q;-1;. The van der Waals surface area contributed by atoms with Gasteiger partial charge in [-0.05, 0) is 84.6 Å². The van der Waals surface area contributed by atoms with Gasteiger partial charge in [0.15, 0.2) is 0 Å². The van der Waals surface area contributed by atoms with Crippen LogP contribution in [0.5, 0.6) is 0 Å². The molecule has 0 saturated heterocycles. The monoisotopic (exact) mass is 693 g/mol. The van der Waals surface area contributed by atoms with Gasteiger partial charge < -0.3 is 15.2 Å². The van der Waals surface area contributed by atoms with Crippen molar-refractivity contribution < 1.29 is 30.3 Å². The van der Waals surface area contributed by atoms with Crippen molar-refractivity contribution in [1.29, 1.82) is 0 Å². The summed E-state index contributed by atoms with van der Waals surface area (Å²) < 4.78 is 0.